The fourth-order valence-corrected chi connectivity index (χ4v) is 2.95. The second kappa shape index (κ2) is 12.5. The van der Waals surface area contributed by atoms with Gasteiger partial charge in [0.25, 0.3) is 0 Å². The van der Waals surface area contributed by atoms with Gasteiger partial charge in [-0.1, -0.05) is 12.1 Å². The molecular formula is C21H30N4O3. The minimum atomic E-state index is 0.623. The molecule has 1 fully saturated rings. The minimum absolute atomic E-state index is 0.623. The molecule has 0 aromatic carbocycles. The summed E-state index contributed by atoms with van der Waals surface area (Å²) in [5.41, 5.74) is 2.80. The van der Waals surface area contributed by atoms with Gasteiger partial charge in [-0.25, -0.2) is 4.98 Å². The van der Waals surface area contributed by atoms with Crippen molar-refractivity contribution in [1.82, 2.24) is 20.2 Å². The Balaban J connectivity index is 1.57. The number of ether oxygens (including phenoxy) is 3. The molecule has 3 heterocycles. The lowest BCUT2D eigenvalue weighted by atomic mass is 10.2. The quantitative estimate of drug-likeness (QED) is 0.859. The van der Waals surface area contributed by atoms with Crippen LogP contribution in [0.2, 0.25) is 0 Å². The van der Waals surface area contributed by atoms with Gasteiger partial charge in [-0.2, -0.15) is 0 Å². The van der Waals surface area contributed by atoms with Crippen molar-refractivity contribution in [3.63, 3.8) is 0 Å². The molecule has 0 saturated carbocycles. The van der Waals surface area contributed by atoms with Gasteiger partial charge < -0.3 is 19.5 Å². The average Bonchev–Trinajstić information content (AvgIpc) is 2.75. The standard InChI is InChI=1S/C21H30N4O3/c1-2-7-23-20(5-1)21-6-3-4-19(24-21)18-25-10-14-26-12-8-22-9-13-27-16-17-28-15-11-25/h1-7,22H,8-18H2. The highest BCUT2D eigenvalue weighted by atomic mass is 16.5. The molecule has 2 aromatic rings. The molecule has 0 amide bonds. The van der Waals surface area contributed by atoms with Gasteiger partial charge in [-0.3, -0.25) is 9.88 Å². The SMILES string of the molecule is c1ccc(-c2cccc(CN3CCOCCNCCOCCOCC3)n2)nc1. The monoisotopic (exact) mass is 386 g/mol. The zero-order valence-corrected chi connectivity index (χ0v) is 16.4. The van der Waals surface area contributed by atoms with Crippen molar-refractivity contribution in [1.29, 1.82) is 0 Å². The third-order valence-corrected chi connectivity index (χ3v) is 4.44. The lowest BCUT2D eigenvalue weighted by Gasteiger charge is -2.22. The highest BCUT2D eigenvalue weighted by Gasteiger charge is 2.09. The van der Waals surface area contributed by atoms with Crippen LogP contribution < -0.4 is 5.32 Å². The van der Waals surface area contributed by atoms with E-state index in [-0.39, 0.29) is 0 Å². The molecule has 152 valence electrons. The van der Waals surface area contributed by atoms with Gasteiger partial charge in [0.2, 0.25) is 0 Å². The summed E-state index contributed by atoms with van der Waals surface area (Å²) < 4.78 is 17.0. The summed E-state index contributed by atoms with van der Waals surface area (Å²) >= 11 is 0. The van der Waals surface area contributed by atoms with E-state index in [1.807, 2.05) is 30.3 Å². The molecule has 0 spiro atoms. The Kier molecular flexibility index (Phi) is 9.32. The molecule has 3 rings (SSSR count). The molecule has 28 heavy (non-hydrogen) atoms. The topological polar surface area (TPSA) is 68.7 Å². The number of hydrogen-bond acceptors (Lipinski definition) is 7. The van der Waals surface area contributed by atoms with E-state index in [0.717, 1.165) is 49.8 Å². The number of aromatic nitrogens is 2. The number of rotatable bonds is 3. The predicted octanol–water partition coefficient (Wildman–Crippen LogP) is 1.60. The smallest absolute Gasteiger partial charge is 0.0890 e. The molecule has 0 unspecified atom stereocenters. The summed E-state index contributed by atoms with van der Waals surface area (Å²) in [5, 5.41) is 3.31. The third-order valence-electron chi connectivity index (χ3n) is 4.44. The number of pyridine rings is 2. The summed E-state index contributed by atoms with van der Waals surface area (Å²) in [4.78, 5) is 11.5. The number of nitrogens with zero attached hydrogens (tertiary/aromatic N) is 3. The second-order valence-corrected chi connectivity index (χ2v) is 6.59. The van der Waals surface area contributed by atoms with E-state index in [1.165, 1.54) is 0 Å². The maximum Gasteiger partial charge on any atom is 0.0890 e. The Bertz CT molecular complexity index is 656. The van der Waals surface area contributed by atoms with Gasteiger partial charge in [-0.15, -0.1) is 0 Å². The fourth-order valence-electron chi connectivity index (χ4n) is 2.95. The Morgan fingerprint density at radius 1 is 0.786 bits per heavy atom. The molecule has 0 radical (unpaired) electrons. The molecule has 0 bridgehead atoms. The van der Waals surface area contributed by atoms with Crippen molar-refractivity contribution in [3.05, 3.63) is 48.3 Å². The summed E-state index contributed by atoms with van der Waals surface area (Å²) in [6.45, 7) is 8.13. The highest BCUT2D eigenvalue weighted by molar-refractivity contribution is 5.53. The first-order valence-electron chi connectivity index (χ1n) is 9.95. The molecule has 2 aromatic heterocycles. The highest BCUT2D eigenvalue weighted by Crippen LogP contribution is 2.14. The van der Waals surface area contributed by atoms with Crippen LogP contribution in [-0.2, 0) is 20.8 Å². The lowest BCUT2D eigenvalue weighted by Crippen LogP contribution is -2.32. The zero-order chi connectivity index (χ0) is 19.3. The first-order valence-corrected chi connectivity index (χ1v) is 9.95. The van der Waals surface area contributed by atoms with E-state index in [2.05, 4.69) is 21.3 Å². The van der Waals surface area contributed by atoms with E-state index in [0.29, 0.717) is 39.6 Å². The van der Waals surface area contributed by atoms with Gasteiger partial charge in [0, 0.05) is 38.9 Å². The van der Waals surface area contributed by atoms with Crippen LogP contribution in [0, 0.1) is 0 Å². The molecule has 7 heteroatoms. The lowest BCUT2D eigenvalue weighted by molar-refractivity contribution is 0.0364. The van der Waals surface area contributed by atoms with Crippen molar-refractivity contribution < 1.29 is 14.2 Å². The first kappa shape index (κ1) is 20.8. The number of hydrogen-bond donors (Lipinski definition) is 1. The molecule has 7 nitrogen and oxygen atoms in total. The maximum absolute atomic E-state index is 5.75. The number of nitrogens with one attached hydrogen (secondary N) is 1. The molecule has 0 aliphatic carbocycles. The van der Waals surface area contributed by atoms with Crippen LogP contribution in [-0.4, -0.2) is 80.7 Å². The fraction of sp³-hybridized carbons (Fsp3) is 0.524. The van der Waals surface area contributed by atoms with Crippen LogP contribution in [0.25, 0.3) is 11.4 Å². The van der Waals surface area contributed by atoms with Crippen molar-refractivity contribution >= 4 is 0 Å². The van der Waals surface area contributed by atoms with Gasteiger partial charge >= 0.3 is 0 Å². The molecular weight excluding hydrogens is 356 g/mol. The Labute approximate surface area is 167 Å². The zero-order valence-electron chi connectivity index (χ0n) is 16.4. The van der Waals surface area contributed by atoms with Crippen molar-refractivity contribution in [2.45, 2.75) is 6.54 Å². The van der Waals surface area contributed by atoms with Crippen molar-refractivity contribution in [3.8, 4) is 11.4 Å². The van der Waals surface area contributed by atoms with E-state index >= 15 is 0 Å². The Morgan fingerprint density at radius 3 is 2.25 bits per heavy atom. The van der Waals surface area contributed by atoms with Crippen LogP contribution in [0.1, 0.15) is 5.69 Å². The molecule has 1 aliphatic heterocycles. The Morgan fingerprint density at radius 2 is 1.50 bits per heavy atom. The van der Waals surface area contributed by atoms with Crippen molar-refractivity contribution in [2.75, 3.05) is 65.8 Å². The van der Waals surface area contributed by atoms with Crippen molar-refractivity contribution in [2.24, 2.45) is 0 Å². The summed E-state index contributed by atoms with van der Waals surface area (Å²) in [6, 6.07) is 12.0. The second-order valence-electron chi connectivity index (χ2n) is 6.59. The largest absolute Gasteiger partial charge is 0.379 e. The van der Waals surface area contributed by atoms with Crippen LogP contribution in [0.4, 0.5) is 0 Å². The van der Waals surface area contributed by atoms with E-state index in [4.69, 9.17) is 19.2 Å². The van der Waals surface area contributed by atoms with Gasteiger partial charge in [0.1, 0.15) is 0 Å². The normalized spacial score (nSPS) is 18.9. The van der Waals surface area contributed by atoms with Crippen LogP contribution in [0.15, 0.2) is 42.6 Å². The third kappa shape index (κ3) is 7.61. The Hall–Kier alpha value is -1.90. The summed E-state index contributed by atoms with van der Waals surface area (Å²) in [6.07, 6.45) is 1.79. The van der Waals surface area contributed by atoms with E-state index in [9.17, 15) is 0 Å². The molecule has 1 aliphatic rings. The van der Waals surface area contributed by atoms with Crippen LogP contribution >= 0.6 is 0 Å². The predicted molar refractivity (Wildman–Crippen MR) is 108 cm³/mol. The van der Waals surface area contributed by atoms with Crippen LogP contribution in [0.3, 0.4) is 0 Å². The maximum atomic E-state index is 5.75. The summed E-state index contributed by atoms with van der Waals surface area (Å²) in [5.74, 6) is 0. The van der Waals surface area contributed by atoms with E-state index < -0.39 is 0 Å². The molecule has 1 saturated heterocycles. The van der Waals surface area contributed by atoms with Crippen LogP contribution in [0.5, 0.6) is 0 Å². The minimum Gasteiger partial charge on any atom is -0.379 e. The summed E-state index contributed by atoms with van der Waals surface area (Å²) in [7, 11) is 0. The van der Waals surface area contributed by atoms with E-state index in [1.54, 1.807) is 6.20 Å². The first-order chi connectivity index (χ1) is 13.9. The molecule has 0 atom stereocenters. The van der Waals surface area contributed by atoms with Gasteiger partial charge in [-0.05, 0) is 24.3 Å². The molecule has 1 N–H and O–H groups in total. The van der Waals surface area contributed by atoms with Gasteiger partial charge in [0.15, 0.2) is 0 Å². The van der Waals surface area contributed by atoms with Gasteiger partial charge in [0.05, 0.1) is 56.7 Å². The average molecular weight is 386 g/mol.